The molecule has 9 nitrogen and oxygen atoms in total. The molecule has 3 aromatic rings. The lowest BCUT2D eigenvalue weighted by Gasteiger charge is -2.09. The van der Waals surface area contributed by atoms with E-state index in [1.807, 2.05) is 19.1 Å². The quantitative estimate of drug-likeness (QED) is 0.542. The number of nitro groups is 1. The first-order valence-electron chi connectivity index (χ1n) is 7.50. The molecule has 1 N–H and O–H groups in total. The van der Waals surface area contributed by atoms with Crippen LogP contribution in [0.5, 0.6) is 0 Å². The van der Waals surface area contributed by atoms with Crippen LogP contribution >= 0.6 is 11.8 Å². The number of amides is 1. The summed E-state index contributed by atoms with van der Waals surface area (Å²) in [6.07, 6.45) is 0. The second kappa shape index (κ2) is 7.31. The van der Waals surface area contributed by atoms with Gasteiger partial charge >= 0.3 is 0 Å². The van der Waals surface area contributed by atoms with E-state index >= 15 is 0 Å². The molecule has 10 heteroatoms. The summed E-state index contributed by atoms with van der Waals surface area (Å²) >= 11 is 1.15. The Kier molecular flexibility index (Phi) is 4.94. The Balaban J connectivity index is 1.94. The molecule has 2 aromatic carbocycles. The number of non-ortho nitro benzene ring substituents is 1. The smallest absolute Gasteiger partial charge is 0.270 e. The van der Waals surface area contributed by atoms with Gasteiger partial charge in [-0.2, -0.15) is 0 Å². The van der Waals surface area contributed by atoms with Gasteiger partial charge in [0.15, 0.2) is 0 Å². The molecule has 0 aliphatic heterocycles. The van der Waals surface area contributed by atoms with Gasteiger partial charge in [0.25, 0.3) is 11.6 Å². The predicted molar refractivity (Wildman–Crippen MR) is 95.1 cm³/mol. The summed E-state index contributed by atoms with van der Waals surface area (Å²) in [5.41, 5.74) is 1.67. The van der Waals surface area contributed by atoms with Gasteiger partial charge in [0, 0.05) is 29.8 Å². The van der Waals surface area contributed by atoms with Crippen LogP contribution in [-0.4, -0.2) is 31.0 Å². The maximum Gasteiger partial charge on any atom is 0.270 e. The van der Waals surface area contributed by atoms with Gasteiger partial charge < -0.3 is 5.32 Å². The molecule has 3 rings (SSSR count). The number of nitrogens with one attached hydrogen (secondary N) is 1. The van der Waals surface area contributed by atoms with Crippen LogP contribution in [0.4, 0.5) is 11.4 Å². The molecule has 0 saturated heterocycles. The summed E-state index contributed by atoms with van der Waals surface area (Å²) in [7, 11) is 1.67. The molecule has 0 atom stereocenters. The van der Waals surface area contributed by atoms with Crippen LogP contribution in [0.15, 0.2) is 52.5 Å². The van der Waals surface area contributed by atoms with Gasteiger partial charge in [-0.15, -0.1) is 5.10 Å². The third-order valence-electron chi connectivity index (χ3n) is 3.51. The van der Waals surface area contributed by atoms with E-state index in [1.165, 1.54) is 22.9 Å². The topological polar surface area (TPSA) is 116 Å². The van der Waals surface area contributed by atoms with Gasteiger partial charge in [-0.3, -0.25) is 14.9 Å². The van der Waals surface area contributed by atoms with Gasteiger partial charge in [0.2, 0.25) is 5.16 Å². The number of rotatable bonds is 5. The van der Waals surface area contributed by atoms with Crippen LogP contribution in [0.2, 0.25) is 0 Å². The van der Waals surface area contributed by atoms with Crippen molar-refractivity contribution in [2.24, 2.45) is 7.05 Å². The van der Waals surface area contributed by atoms with Gasteiger partial charge in [0.1, 0.15) is 0 Å². The monoisotopic (exact) mass is 370 g/mol. The van der Waals surface area contributed by atoms with Crippen molar-refractivity contribution in [2.45, 2.75) is 17.0 Å². The highest BCUT2D eigenvalue weighted by atomic mass is 32.2. The van der Waals surface area contributed by atoms with E-state index in [2.05, 4.69) is 20.8 Å². The van der Waals surface area contributed by atoms with Crippen molar-refractivity contribution in [3.63, 3.8) is 0 Å². The Morgan fingerprint density at radius 3 is 2.58 bits per heavy atom. The number of nitrogens with zero attached hydrogens (tertiary/aromatic N) is 5. The molecule has 0 saturated carbocycles. The van der Waals surface area contributed by atoms with Gasteiger partial charge in [-0.25, -0.2) is 4.68 Å². The zero-order chi connectivity index (χ0) is 18.7. The molecule has 1 aromatic heterocycles. The third kappa shape index (κ3) is 3.86. The van der Waals surface area contributed by atoms with Crippen molar-refractivity contribution in [3.05, 3.63) is 63.7 Å². The number of benzene rings is 2. The van der Waals surface area contributed by atoms with Crippen molar-refractivity contribution in [3.8, 4) is 0 Å². The van der Waals surface area contributed by atoms with Gasteiger partial charge in [0.05, 0.1) is 10.5 Å². The summed E-state index contributed by atoms with van der Waals surface area (Å²) in [6.45, 7) is 1.94. The standard InChI is InChI=1S/C16H14N6O3S/c1-10-3-5-11(6-4-10)17-15(23)13-9-12(22(24)25)7-8-14(13)26-16-18-19-20-21(16)2/h3-9H,1-2H3,(H,17,23). The molecule has 0 aliphatic rings. The average molecular weight is 370 g/mol. The number of aromatic nitrogens is 4. The molecule has 0 fully saturated rings. The molecule has 0 aliphatic carbocycles. The van der Waals surface area contributed by atoms with E-state index < -0.39 is 10.8 Å². The van der Waals surface area contributed by atoms with E-state index in [9.17, 15) is 14.9 Å². The van der Waals surface area contributed by atoms with Gasteiger partial charge in [-0.05, 0) is 47.3 Å². The van der Waals surface area contributed by atoms with Gasteiger partial charge in [-0.1, -0.05) is 17.7 Å². The Hall–Kier alpha value is -3.27. The summed E-state index contributed by atoms with van der Waals surface area (Å²) in [4.78, 5) is 23.8. The third-order valence-corrected chi connectivity index (χ3v) is 4.61. The summed E-state index contributed by atoms with van der Waals surface area (Å²) < 4.78 is 1.45. The van der Waals surface area contributed by atoms with E-state index in [-0.39, 0.29) is 11.3 Å². The fourth-order valence-electron chi connectivity index (χ4n) is 2.14. The van der Waals surface area contributed by atoms with Crippen molar-refractivity contribution in [1.29, 1.82) is 0 Å². The predicted octanol–water partition coefficient (Wildman–Crippen LogP) is 2.83. The van der Waals surface area contributed by atoms with Crippen LogP contribution in [0.1, 0.15) is 15.9 Å². The molecular formula is C16H14N6O3S. The largest absolute Gasteiger partial charge is 0.322 e. The van der Waals surface area contributed by atoms with E-state index in [0.29, 0.717) is 15.7 Å². The Bertz CT molecular complexity index is 970. The maximum atomic E-state index is 12.7. The number of hydrogen-bond acceptors (Lipinski definition) is 7. The highest BCUT2D eigenvalue weighted by molar-refractivity contribution is 7.99. The number of nitro benzene ring substituents is 1. The first kappa shape index (κ1) is 17.5. The van der Waals surface area contributed by atoms with Crippen LogP contribution < -0.4 is 5.32 Å². The van der Waals surface area contributed by atoms with Crippen molar-refractivity contribution in [1.82, 2.24) is 20.2 Å². The minimum absolute atomic E-state index is 0.167. The molecular weight excluding hydrogens is 356 g/mol. The second-order valence-corrected chi connectivity index (χ2v) is 6.45. The maximum absolute atomic E-state index is 12.7. The number of hydrogen-bond donors (Lipinski definition) is 1. The minimum atomic E-state index is -0.541. The van der Waals surface area contributed by atoms with Crippen LogP contribution in [0.25, 0.3) is 0 Å². The Labute approximate surface area is 152 Å². The number of carbonyl (C=O) groups excluding carboxylic acids is 1. The van der Waals surface area contributed by atoms with Crippen LogP contribution in [0, 0.1) is 17.0 Å². The normalized spacial score (nSPS) is 10.5. The zero-order valence-corrected chi connectivity index (χ0v) is 14.7. The molecule has 0 radical (unpaired) electrons. The molecule has 0 unspecified atom stereocenters. The number of aryl methyl sites for hydroxylation is 2. The SMILES string of the molecule is Cc1ccc(NC(=O)c2cc([N+](=O)[O-])ccc2Sc2nnnn2C)cc1. The molecule has 0 spiro atoms. The molecule has 26 heavy (non-hydrogen) atoms. The first-order chi connectivity index (χ1) is 12.4. The number of anilines is 1. The Morgan fingerprint density at radius 1 is 1.23 bits per heavy atom. The van der Waals surface area contributed by atoms with Crippen molar-refractivity contribution in [2.75, 3.05) is 5.32 Å². The number of carbonyl (C=O) groups is 1. The van der Waals surface area contributed by atoms with Crippen molar-refractivity contribution >= 4 is 29.0 Å². The van der Waals surface area contributed by atoms with Crippen LogP contribution in [0.3, 0.4) is 0 Å². The fourth-order valence-corrected chi connectivity index (χ4v) is 2.98. The van der Waals surface area contributed by atoms with E-state index in [1.54, 1.807) is 19.2 Å². The highest BCUT2D eigenvalue weighted by Crippen LogP contribution is 2.31. The highest BCUT2D eigenvalue weighted by Gasteiger charge is 2.19. The second-order valence-electron chi connectivity index (χ2n) is 5.44. The summed E-state index contributed by atoms with van der Waals surface area (Å²) in [5.74, 6) is -0.449. The lowest BCUT2D eigenvalue weighted by atomic mass is 10.1. The lowest BCUT2D eigenvalue weighted by molar-refractivity contribution is -0.384. The average Bonchev–Trinajstić information content (AvgIpc) is 3.02. The number of tetrazole rings is 1. The molecule has 132 valence electrons. The Morgan fingerprint density at radius 2 is 1.96 bits per heavy atom. The first-order valence-corrected chi connectivity index (χ1v) is 8.32. The van der Waals surface area contributed by atoms with Crippen molar-refractivity contribution < 1.29 is 9.72 Å². The minimum Gasteiger partial charge on any atom is -0.322 e. The fraction of sp³-hybridized carbons (Fsp3) is 0.125. The molecule has 0 bridgehead atoms. The zero-order valence-electron chi connectivity index (χ0n) is 13.9. The van der Waals surface area contributed by atoms with Crippen LogP contribution in [-0.2, 0) is 7.05 Å². The molecule has 1 amide bonds. The van der Waals surface area contributed by atoms with E-state index in [0.717, 1.165) is 17.3 Å². The summed E-state index contributed by atoms with van der Waals surface area (Å²) in [5, 5.41) is 25.4. The molecule has 1 heterocycles. The van der Waals surface area contributed by atoms with E-state index in [4.69, 9.17) is 0 Å². The lowest BCUT2D eigenvalue weighted by Crippen LogP contribution is -2.13. The summed E-state index contributed by atoms with van der Waals surface area (Å²) in [6, 6.07) is 11.4.